The molecule has 204 valence electrons. The number of carbonyl (C=O) groups excluding carboxylic acids is 2. The summed E-state index contributed by atoms with van der Waals surface area (Å²) >= 11 is 6.29. The van der Waals surface area contributed by atoms with Crippen LogP contribution in [0.3, 0.4) is 0 Å². The highest BCUT2D eigenvalue weighted by molar-refractivity contribution is 6.32. The third kappa shape index (κ3) is 7.72. The van der Waals surface area contributed by atoms with Crippen molar-refractivity contribution in [3.63, 3.8) is 0 Å². The molecular formula is C28H35ClN4O5. The Morgan fingerprint density at radius 2 is 1.82 bits per heavy atom. The van der Waals surface area contributed by atoms with Crippen LogP contribution in [0.15, 0.2) is 48.7 Å². The lowest BCUT2D eigenvalue weighted by molar-refractivity contribution is 0.0930. The molecule has 0 bridgehead atoms. The van der Waals surface area contributed by atoms with Crippen molar-refractivity contribution in [2.75, 3.05) is 13.7 Å². The number of aromatic nitrogens is 2. The second kappa shape index (κ2) is 13.3. The molecule has 2 aromatic carbocycles. The average Bonchev–Trinajstić information content (AvgIpc) is 3.27. The van der Waals surface area contributed by atoms with Crippen LogP contribution in [0.25, 0.3) is 11.3 Å². The molecule has 0 fully saturated rings. The van der Waals surface area contributed by atoms with Crippen LogP contribution in [0.1, 0.15) is 55.0 Å². The van der Waals surface area contributed by atoms with Crippen LogP contribution in [0, 0.1) is 0 Å². The van der Waals surface area contributed by atoms with Crippen LogP contribution in [0.4, 0.5) is 4.79 Å². The number of aliphatic hydroxyl groups excluding tert-OH is 1. The summed E-state index contributed by atoms with van der Waals surface area (Å²) in [5.41, 5.74) is 3.12. The van der Waals surface area contributed by atoms with Crippen LogP contribution in [-0.2, 0) is 18.2 Å². The van der Waals surface area contributed by atoms with Gasteiger partial charge in [-0.25, -0.2) is 9.78 Å². The van der Waals surface area contributed by atoms with Gasteiger partial charge in [0.05, 0.1) is 30.0 Å². The van der Waals surface area contributed by atoms with Crippen molar-refractivity contribution in [1.29, 1.82) is 0 Å². The van der Waals surface area contributed by atoms with Gasteiger partial charge >= 0.3 is 6.09 Å². The normalized spacial score (nSPS) is 12.6. The minimum Gasteiger partial charge on any atom is -0.489 e. The number of nitrogens with one attached hydrogen (secondary N) is 2. The van der Waals surface area contributed by atoms with Gasteiger partial charge in [-0.05, 0) is 57.4 Å². The van der Waals surface area contributed by atoms with Crippen LogP contribution in [0.2, 0.25) is 5.02 Å². The number of ether oxygens (including phenoxy) is 2. The zero-order valence-electron chi connectivity index (χ0n) is 22.3. The van der Waals surface area contributed by atoms with E-state index in [1.165, 1.54) is 7.11 Å². The van der Waals surface area contributed by atoms with Crippen molar-refractivity contribution in [2.45, 2.75) is 51.8 Å². The summed E-state index contributed by atoms with van der Waals surface area (Å²) in [6, 6.07) is 12.2. The first kappa shape index (κ1) is 29.0. The Bertz CT molecular complexity index is 1240. The molecule has 2 atom stereocenters. The van der Waals surface area contributed by atoms with Crippen LogP contribution in [0.5, 0.6) is 5.75 Å². The van der Waals surface area contributed by atoms with E-state index in [4.69, 9.17) is 16.3 Å². The third-order valence-corrected chi connectivity index (χ3v) is 6.22. The number of alkyl carbamates (subject to hydrolysis) is 1. The lowest BCUT2D eigenvalue weighted by atomic mass is 10.0. The molecule has 2 amide bonds. The number of methoxy groups -OCH3 is 1. The Hall–Kier alpha value is -3.56. The van der Waals surface area contributed by atoms with E-state index >= 15 is 0 Å². The number of imidazole rings is 1. The Morgan fingerprint density at radius 1 is 1.11 bits per heavy atom. The molecule has 0 aliphatic rings. The third-order valence-electron chi connectivity index (χ3n) is 5.92. The van der Waals surface area contributed by atoms with Gasteiger partial charge in [0.15, 0.2) is 0 Å². The fourth-order valence-electron chi connectivity index (χ4n) is 4.06. The number of benzene rings is 2. The minimum absolute atomic E-state index is 0.0284. The Morgan fingerprint density at radius 3 is 2.42 bits per heavy atom. The Labute approximate surface area is 228 Å². The molecule has 38 heavy (non-hydrogen) atoms. The van der Waals surface area contributed by atoms with E-state index < -0.39 is 6.09 Å². The molecule has 0 saturated heterocycles. The van der Waals surface area contributed by atoms with Gasteiger partial charge in [0.25, 0.3) is 5.91 Å². The molecule has 0 unspecified atom stereocenters. The molecule has 0 spiro atoms. The highest BCUT2D eigenvalue weighted by Crippen LogP contribution is 2.27. The van der Waals surface area contributed by atoms with Crippen molar-refractivity contribution in [3.8, 4) is 17.0 Å². The first-order valence-electron chi connectivity index (χ1n) is 12.5. The Kier molecular flexibility index (Phi) is 10.2. The molecule has 1 aromatic heterocycles. The number of aliphatic hydroxyl groups is 1. The molecule has 0 aliphatic carbocycles. The van der Waals surface area contributed by atoms with Gasteiger partial charge in [-0.2, -0.15) is 0 Å². The second-order valence-electron chi connectivity index (χ2n) is 9.35. The van der Waals surface area contributed by atoms with Crippen LogP contribution < -0.4 is 15.4 Å². The van der Waals surface area contributed by atoms with E-state index in [9.17, 15) is 14.7 Å². The molecule has 3 N–H and O–H groups in total. The number of nitrogens with zero attached hydrogens (tertiary/aromatic N) is 2. The van der Waals surface area contributed by atoms with E-state index in [0.717, 1.165) is 16.8 Å². The van der Waals surface area contributed by atoms with Gasteiger partial charge in [0, 0.05) is 37.0 Å². The molecular weight excluding hydrogens is 508 g/mol. The summed E-state index contributed by atoms with van der Waals surface area (Å²) < 4.78 is 12.2. The Balaban J connectivity index is 1.67. The van der Waals surface area contributed by atoms with Crippen LogP contribution in [-0.4, -0.2) is 52.5 Å². The minimum atomic E-state index is -0.517. The number of aryl methyl sites for hydroxylation is 1. The predicted molar refractivity (Wildman–Crippen MR) is 146 cm³/mol. The van der Waals surface area contributed by atoms with Crippen molar-refractivity contribution >= 4 is 23.6 Å². The van der Waals surface area contributed by atoms with Gasteiger partial charge in [-0.1, -0.05) is 35.9 Å². The summed E-state index contributed by atoms with van der Waals surface area (Å²) in [6.07, 6.45) is 2.31. The lowest BCUT2D eigenvalue weighted by Gasteiger charge is -2.19. The first-order chi connectivity index (χ1) is 18.1. The zero-order chi connectivity index (χ0) is 27.8. The van der Waals surface area contributed by atoms with Crippen molar-refractivity contribution in [2.24, 2.45) is 7.05 Å². The standard InChI is InChI=1S/C28H35ClN4O5/c1-17(2)38-25-11-10-21(15-23(25)29)27(35)31-22(12-13-34)14-19-6-8-20(9-7-19)24-16-33(4)26(32-24)18(3)30-28(36)37-5/h6-11,15-18,22,34H,12-14H2,1-5H3,(H,30,36)(H,31,35)/t18-,22-/m1/s1. The lowest BCUT2D eigenvalue weighted by Crippen LogP contribution is -2.37. The summed E-state index contributed by atoms with van der Waals surface area (Å²) in [5.74, 6) is 0.956. The maximum absolute atomic E-state index is 12.9. The van der Waals surface area contributed by atoms with Gasteiger partial charge in [0.2, 0.25) is 0 Å². The van der Waals surface area contributed by atoms with E-state index in [1.807, 2.05) is 62.8 Å². The monoisotopic (exact) mass is 542 g/mol. The van der Waals surface area contributed by atoms with Crippen LogP contribution >= 0.6 is 11.6 Å². The number of halogens is 1. The highest BCUT2D eigenvalue weighted by atomic mass is 35.5. The number of rotatable bonds is 11. The van der Waals surface area contributed by atoms with Crippen molar-refractivity contribution < 1.29 is 24.2 Å². The van der Waals surface area contributed by atoms with E-state index in [1.54, 1.807) is 18.2 Å². The van der Waals surface area contributed by atoms with E-state index in [-0.39, 0.29) is 30.7 Å². The molecule has 10 heteroatoms. The fourth-order valence-corrected chi connectivity index (χ4v) is 4.28. The van der Waals surface area contributed by atoms with Gasteiger partial charge in [-0.15, -0.1) is 0 Å². The second-order valence-corrected chi connectivity index (χ2v) is 9.76. The van der Waals surface area contributed by atoms with Crippen molar-refractivity contribution in [3.05, 3.63) is 70.6 Å². The average molecular weight is 543 g/mol. The molecule has 0 radical (unpaired) electrons. The SMILES string of the molecule is COC(=O)N[C@H](C)c1nc(-c2ccc(C[C@@H](CCO)NC(=O)c3ccc(OC(C)C)c(Cl)c3)cc2)cn1C. The quantitative estimate of drug-likeness (QED) is 0.324. The fraction of sp³-hybridized carbons (Fsp3) is 0.393. The highest BCUT2D eigenvalue weighted by Gasteiger charge is 2.18. The molecule has 1 heterocycles. The predicted octanol–water partition coefficient (Wildman–Crippen LogP) is 4.67. The number of amides is 2. The first-order valence-corrected chi connectivity index (χ1v) is 12.8. The topological polar surface area (TPSA) is 115 Å². The zero-order valence-corrected chi connectivity index (χ0v) is 23.1. The maximum Gasteiger partial charge on any atom is 0.407 e. The van der Waals surface area contributed by atoms with Gasteiger partial charge in [-0.3, -0.25) is 4.79 Å². The van der Waals surface area contributed by atoms with E-state index in [2.05, 4.69) is 20.4 Å². The molecule has 3 rings (SSSR count). The number of carbonyl (C=O) groups is 2. The van der Waals surface area contributed by atoms with Gasteiger partial charge in [0.1, 0.15) is 11.6 Å². The van der Waals surface area contributed by atoms with E-state index in [0.29, 0.717) is 35.0 Å². The summed E-state index contributed by atoms with van der Waals surface area (Å²) in [6.45, 7) is 5.59. The molecule has 0 aliphatic heterocycles. The molecule has 9 nitrogen and oxygen atoms in total. The van der Waals surface area contributed by atoms with Gasteiger partial charge < -0.3 is 29.8 Å². The molecule has 3 aromatic rings. The van der Waals surface area contributed by atoms with Crippen molar-refractivity contribution in [1.82, 2.24) is 20.2 Å². The maximum atomic E-state index is 12.9. The summed E-state index contributed by atoms with van der Waals surface area (Å²) in [5, 5.41) is 15.7. The molecule has 0 saturated carbocycles. The summed E-state index contributed by atoms with van der Waals surface area (Å²) in [7, 11) is 3.19. The summed E-state index contributed by atoms with van der Waals surface area (Å²) in [4.78, 5) is 29.1. The number of hydrogen-bond donors (Lipinski definition) is 3. The number of hydrogen-bond acceptors (Lipinski definition) is 6. The smallest absolute Gasteiger partial charge is 0.407 e. The largest absolute Gasteiger partial charge is 0.489 e.